The molecule has 6 nitrogen and oxygen atoms in total. The number of hydrogen-bond acceptors (Lipinski definition) is 4. The van der Waals surface area contributed by atoms with Crippen LogP contribution >= 0.6 is 0 Å². The fraction of sp³-hybridized carbons (Fsp3) is 0.615. The molecule has 0 bridgehead atoms. The third-order valence-electron chi connectivity index (χ3n) is 3.41. The van der Waals surface area contributed by atoms with E-state index in [1.54, 1.807) is 4.68 Å². The van der Waals surface area contributed by atoms with Crippen molar-refractivity contribution >= 4 is 0 Å². The molecule has 0 aliphatic heterocycles. The Morgan fingerprint density at radius 1 is 1.32 bits per heavy atom. The second-order valence-corrected chi connectivity index (χ2v) is 4.90. The topological polar surface area (TPSA) is 74.5 Å². The molecule has 2 aromatic heterocycles. The smallest absolute Gasteiger partial charge is 0.0994 e. The summed E-state index contributed by atoms with van der Waals surface area (Å²) < 4.78 is 3.78. The molecule has 2 N–H and O–H groups in total. The number of nitrogens with two attached hydrogens (primary N) is 1. The van der Waals surface area contributed by atoms with Crippen molar-refractivity contribution in [3.8, 4) is 0 Å². The molecule has 19 heavy (non-hydrogen) atoms. The van der Waals surface area contributed by atoms with Gasteiger partial charge in [-0.05, 0) is 25.8 Å². The molecule has 2 atom stereocenters. The van der Waals surface area contributed by atoms with Gasteiger partial charge in [0, 0.05) is 12.2 Å². The first-order chi connectivity index (χ1) is 9.13. The Morgan fingerprint density at radius 3 is 2.79 bits per heavy atom. The second-order valence-electron chi connectivity index (χ2n) is 4.90. The Hall–Kier alpha value is -1.69. The summed E-state index contributed by atoms with van der Waals surface area (Å²) in [7, 11) is 0. The summed E-state index contributed by atoms with van der Waals surface area (Å²) in [5.41, 5.74) is 7.75. The van der Waals surface area contributed by atoms with Gasteiger partial charge in [-0.25, -0.2) is 4.68 Å². The highest BCUT2D eigenvalue weighted by Crippen LogP contribution is 2.12. The lowest BCUT2D eigenvalue weighted by molar-refractivity contribution is 0.470. The highest BCUT2D eigenvalue weighted by molar-refractivity contribution is 5.03. The fourth-order valence-electron chi connectivity index (χ4n) is 1.83. The normalized spacial score (nSPS) is 14.5. The Labute approximate surface area is 113 Å². The van der Waals surface area contributed by atoms with Gasteiger partial charge in [-0.15, -0.1) is 5.10 Å². The van der Waals surface area contributed by atoms with Crippen molar-refractivity contribution in [2.45, 2.75) is 52.2 Å². The first kappa shape index (κ1) is 13.7. The minimum Gasteiger partial charge on any atom is -0.323 e. The maximum atomic E-state index is 5.93. The van der Waals surface area contributed by atoms with E-state index in [9.17, 15) is 0 Å². The van der Waals surface area contributed by atoms with Crippen molar-refractivity contribution in [2.75, 3.05) is 0 Å². The van der Waals surface area contributed by atoms with Crippen molar-refractivity contribution in [2.24, 2.45) is 5.73 Å². The van der Waals surface area contributed by atoms with Crippen LogP contribution in [-0.4, -0.2) is 24.8 Å². The van der Waals surface area contributed by atoms with E-state index in [1.165, 1.54) is 0 Å². The Balaban J connectivity index is 2.04. The van der Waals surface area contributed by atoms with Gasteiger partial charge in [-0.3, -0.25) is 4.68 Å². The highest BCUT2D eigenvalue weighted by Gasteiger charge is 2.10. The molecule has 2 aromatic rings. The van der Waals surface area contributed by atoms with Crippen LogP contribution in [0.1, 0.15) is 57.1 Å². The summed E-state index contributed by atoms with van der Waals surface area (Å²) in [6.07, 6.45) is 5.84. The number of hydrogen-bond donors (Lipinski definition) is 1. The minimum atomic E-state index is -0.0357. The minimum absolute atomic E-state index is 0.0357. The van der Waals surface area contributed by atoms with Gasteiger partial charge in [0.2, 0.25) is 0 Å². The van der Waals surface area contributed by atoms with Crippen LogP contribution in [0.5, 0.6) is 0 Å². The molecule has 104 valence electrons. The summed E-state index contributed by atoms with van der Waals surface area (Å²) in [5.74, 6) is 0. The second kappa shape index (κ2) is 5.97. The maximum absolute atomic E-state index is 5.93. The van der Waals surface area contributed by atoms with Crippen molar-refractivity contribution in [1.82, 2.24) is 24.8 Å². The molecule has 0 amide bonds. The average molecular weight is 262 g/mol. The van der Waals surface area contributed by atoms with Crippen LogP contribution in [0.15, 0.2) is 18.5 Å². The van der Waals surface area contributed by atoms with Crippen LogP contribution in [0.4, 0.5) is 0 Å². The van der Waals surface area contributed by atoms with Crippen LogP contribution in [-0.2, 0) is 6.54 Å². The average Bonchev–Trinajstić information content (AvgIpc) is 3.07. The Morgan fingerprint density at radius 2 is 2.11 bits per heavy atom. The van der Waals surface area contributed by atoms with Crippen LogP contribution < -0.4 is 5.73 Å². The van der Waals surface area contributed by atoms with Crippen LogP contribution in [0.3, 0.4) is 0 Å². The van der Waals surface area contributed by atoms with Crippen molar-refractivity contribution in [3.05, 3.63) is 29.8 Å². The molecule has 0 fully saturated rings. The van der Waals surface area contributed by atoms with Gasteiger partial charge in [0.25, 0.3) is 0 Å². The molecule has 0 radical (unpaired) electrons. The van der Waals surface area contributed by atoms with Crippen molar-refractivity contribution < 1.29 is 0 Å². The zero-order valence-corrected chi connectivity index (χ0v) is 11.8. The van der Waals surface area contributed by atoms with Gasteiger partial charge in [0.05, 0.1) is 30.2 Å². The highest BCUT2D eigenvalue weighted by atomic mass is 15.4. The zero-order chi connectivity index (χ0) is 13.8. The van der Waals surface area contributed by atoms with E-state index in [2.05, 4.69) is 29.3 Å². The quantitative estimate of drug-likeness (QED) is 0.862. The molecule has 2 rings (SSSR count). The van der Waals surface area contributed by atoms with E-state index < -0.39 is 0 Å². The molecule has 0 saturated carbocycles. The molecule has 0 saturated heterocycles. The number of rotatable bonds is 6. The van der Waals surface area contributed by atoms with E-state index in [0.29, 0.717) is 12.6 Å². The van der Waals surface area contributed by atoms with E-state index >= 15 is 0 Å². The summed E-state index contributed by atoms with van der Waals surface area (Å²) in [4.78, 5) is 0. The van der Waals surface area contributed by atoms with Crippen molar-refractivity contribution in [1.29, 1.82) is 0 Å². The summed E-state index contributed by atoms with van der Waals surface area (Å²) in [6, 6.07) is 2.41. The van der Waals surface area contributed by atoms with Gasteiger partial charge < -0.3 is 5.73 Å². The van der Waals surface area contributed by atoms with Gasteiger partial charge in [-0.2, -0.15) is 5.10 Å². The monoisotopic (exact) mass is 262 g/mol. The fourth-order valence-corrected chi connectivity index (χ4v) is 1.83. The molecular formula is C13H22N6. The van der Waals surface area contributed by atoms with E-state index in [-0.39, 0.29) is 6.04 Å². The van der Waals surface area contributed by atoms with Gasteiger partial charge in [-0.1, -0.05) is 19.1 Å². The van der Waals surface area contributed by atoms with Gasteiger partial charge in [0.1, 0.15) is 0 Å². The largest absolute Gasteiger partial charge is 0.323 e. The molecule has 0 spiro atoms. The first-order valence-corrected chi connectivity index (χ1v) is 6.83. The van der Waals surface area contributed by atoms with Crippen LogP contribution in [0.2, 0.25) is 0 Å². The molecule has 0 aliphatic rings. The number of aromatic nitrogens is 5. The van der Waals surface area contributed by atoms with Gasteiger partial charge in [0.15, 0.2) is 0 Å². The lowest BCUT2D eigenvalue weighted by Gasteiger charge is -2.08. The molecular weight excluding hydrogens is 240 g/mol. The van der Waals surface area contributed by atoms with Crippen LogP contribution in [0.25, 0.3) is 0 Å². The summed E-state index contributed by atoms with van der Waals surface area (Å²) >= 11 is 0. The third-order valence-corrected chi connectivity index (χ3v) is 3.41. The van der Waals surface area contributed by atoms with Gasteiger partial charge >= 0.3 is 0 Å². The standard InChI is InChI=1S/C13H22N6/c1-4-10(3)19-7-6-11(16-19)8-18-9-13(15-17-18)12(14)5-2/h6-7,9-10,12H,4-5,8,14H2,1-3H3. The molecule has 2 unspecified atom stereocenters. The molecule has 2 heterocycles. The van der Waals surface area contributed by atoms with E-state index in [0.717, 1.165) is 24.2 Å². The lowest BCUT2D eigenvalue weighted by Crippen LogP contribution is -2.09. The molecule has 6 heteroatoms. The van der Waals surface area contributed by atoms with E-state index in [4.69, 9.17) is 5.73 Å². The first-order valence-electron chi connectivity index (χ1n) is 6.83. The third kappa shape index (κ3) is 3.20. The predicted octanol–water partition coefficient (Wildman–Crippen LogP) is 1.90. The van der Waals surface area contributed by atoms with Crippen LogP contribution in [0, 0.1) is 0 Å². The Bertz CT molecular complexity index is 468. The van der Waals surface area contributed by atoms with Crippen molar-refractivity contribution in [3.63, 3.8) is 0 Å². The molecule has 0 aliphatic carbocycles. The number of nitrogens with zero attached hydrogens (tertiary/aromatic N) is 5. The molecule has 0 aromatic carbocycles. The lowest BCUT2D eigenvalue weighted by atomic mass is 10.2. The maximum Gasteiger partial charge on any atom is 0.0994 e. The zero-order valence-electron chi connectivity index (χ0n) is 11.8. The SMILES string of the molecule is CCC(N)c1cn(Cc2ccn(C(C)CC)n2)nn1. The summed E-state index contributed by atoms with van der Waals surface area (Å²) in [5, 5.41) is 12.7. The van der Waals surface area contributed by atoms with E-state index in [1.807, 2.05) is 30.1 Å². The Kier molecular flexibility index (Phi) is 4.31. The predicted molar refractivity (Wildman–Crippen MR) is 73.6 cm³/mol. The summed E-state index contributed by atoms with van der Waals surface area (Å²) in [6.45, 7) is 6.98.